The van der Waals surface area contributed by atoms with Crippen LogP contribution in [0.1, 0.15) is 25.7 Å². The Kier molecular flexibility index (Phi) is 3.38. The molecule has 5 nitrogen and oxygen atoms in total. The van der Waals surface area contributed by atoms with Crippen LogP contribution in [-0.4, -0.2) is 48.6 Å². The average molecular weight is 240 g/mol. The van der Waals surface area contributed by atoms with Gasteiger partial charge in [-0.25, -0.2) is 0 Å². The Morgan fingerprint density at radius 1 is 1.47 bits per heavy atom. The van der Waals surface area contributed by atoms with Crippen LogP contribution in [0.4, 0.5) is 0 Å². The normalized spacial score (nSPS) is 27.5. The fourth-order valence-electron chi connectivity index (χ4n) is 2.62. The minimum atomic E-state index is -0.771. The minimum Gasteiger partial charge on any atom is -0.481 e. The predicted octanol–water partition coefficient (Wildman–Crippen LogP) is 0.309. The molecule has 5 heteroatoms. The smallest absolute Gasteiger partial charge is 0.311 e. The van der Waals surface area contributed by atoms with Crippen LogP contribution in [0.2, 0.25) is 0 Å². The first-order valence-corrected chi connectivity index (χ1v) is 6.23. The molecule has 2 N–H and O–H groups in total. The van der Waals surface area contributed by atoms with E-state index in [1.807, 2.05) is 7.05 Å². The van der Waals surface area contributed by atoms with Gasteiger partial charge in [-0.2, -0.15) is 0 Å². The molecule has 1 saturated carbocycles. The van der Waals surface area contributed by atoms with Crippen LogP contribution in [-0.2, 0) is 9.59 Å². The monoisotopic (exact) mass is 240 g/mol. The molecule has 1 atom stereocenters. The fourth-order valence-corrected chi connectivity index (χ4v) is 2.62. The van der Waals surface area contributed by atoms with Gasteiger partial charge in [0.1, 0.15) is 0 Å². The van der Waals surface area contributed by atoms with Crippen molar-refractivity contribution in [2.75, 3.05) is 26.7 Å². The lowest BCUT2D eigenvalue weighted by Crippen LogP contribution is -2.48. The van der Waals surface area contributed by atoms with Crippen LogP contribution in [0.5, 0.6) is 0 Å². The maximum Gasteiger partial charge on any atom is 0.311 e. The van der Waals surface area contributed by atoms with Gasteiger partial charge in [0.05, 0.1) is 11.3 Å². The van der Waals surface area contributed by atoms with E-state index in [2.05, 4.69) is 10.2 Å². The van der Waals surface area contributed by atoms with Gasteiger partial charge >= 0.3 is 5.97 Å². The van der Waals surface area contributed by atoms with Crippen LogP contribution >= 0.6 is 0 Å². The molecule has 0 aromatic heterocycles. The molecule has 0 aromatic rings. The van der Waals surface area contributed by atoms with Crippen LogP contribution in [0.25, 0.3) is 0 Å². The summed E-state index contributed by atoms with van der Waals surface area (Å²) >= 11 is 0. The van der Waals surface area contributed by atoms with E-state index >= 15 is 0 Å². The molecular weight excluding hydrogens is 220 g/mol. The van der Waals surface area contributed by atoms with E-state index in [1.165, 1.54) is 0 Å². The maximum atomic E-state index is 11.9. The predicted molar refractivity (Wildman–Crippen MR) is 62.5 cm³/mol. The van der Waals surface area contributed by atoms with Gasteiger partial charge in [0.2, 0.25) is 5.91 Å². The van der Waals surface area contributed by atoms with Gasteiger partial charge in [0.15, 0.2) is 0 Å². The lowest BCUT2D eigenvalue weighted by atomic mass is 9.68. The summed E-state index contributed by atoms with van der Waals surface area (Å²) in [5.74, 6) is -0.722. The number of hydrogen-bond donors (Lipinski definition) is 2. The molecule has 0 spiro atoms. The van der Waals surface area contributed by atoms with Gasteiger partial charge in [0, 0.05) is 13.1 Å². The summed E-state index contributed by atoms with van der Waals surface area (Å²) in [6.45, 7) is 2.02. The van der Waals surface area contributed by atoms with Gasteiger partial charge in [0.25, 0.3) is 0 Å². The number of carboxylic acids is 1. The van der Waals surface area contributed by atoms with Crippen LogP contribution in [0.15, 0.2) is 0 Å². The number of aliphatic carboxylic acids is 1. The first-order valence-electron chi connectivity index (χ1n) is 6.23. The Labute approximate surface area is 101 Å². The van der Waals surface area contributed by atoms with Crippen LogP contribution in [0, 0.1) is 11.3 Å². The molecule has 2 aliphatic rings. The zero-order valence-electron chi connectivity index (χ0n) is 10.2. The van der Waals surface area contributed by atoms with E-state index in [0.717, 1.165) is 25.9 Å². The summed E-state index contributed by atoms with van der Waals surface area (Å²) < 4.78 is 0. The Morgan fingerprint density at radius 2 is 2.18 bits per heavy atom. The van der Waals surface area contributed by atoms with Gasteiger partial charge in [-0.15, -0.1) is 0 Å². The van der Waals surface area contributed by atoms with E-state index in [1.54, 1.807) is 0 Å². The minimum absolute atomic E-state index is 0.0156. The SMILES string of the molecule is CN1CCC(C(=O)NCC2(C(=O)O)CCC2)C1. The second-order valence-electron chi connectivity index (χ2n) is 5.40. The summed E-state index contributed by atoms with van der Waals surface area (Å²) in [6.07, 6.45) is 3.21. The molecule has 96 valence electrons. The first-order chi connectivity index (χ1) is 8.03. The molecule has 1 aliphatic heterocycles. The number of carbonyl (C=O) groups is 2. The van der Waals surface area contributed by atoms with E-state index in [4.69, 9.17) is 5.11 Å². The third-order valence-corrected chi connectivity index (χ3v) is 4.13. The molecule has 1 saturated heterocycles. The molecular formula is C12H20N2O3. The van der Waals surface area contributed by atoms with Gasteiger partial charge in [-0.3, -0.25) is 9.59 Å². The molecule has 0 bridgehead atoms. The molecule has 2 rings (SSSR count). The molecule has 1 amide bonds. The molecule has 17 heavy (non-hydrogen) atoms. The highest BCUT2D eigenvalue weighted by Gasteiger charge is 2.44. The Bertz CT molecular complexity index is 326. The van der Waals surface area contributed by atoms with Crippen molar-refractivity contribution in [3.8, 4) is 0 Å². The number of carbonyl (C=O) groups excluding carboxylic acids is 1. The lowest BCUT2D eigenvalue weighted by molar-refractivity contribution is -0.154. The highest BCUT2D eigenvalue weighted by molar-refractivity contribution is 5.81. The van der Waals surface area contributed by atoms with E-state index in [-0.39, 0.29) is 11.8 Å². The van der Waals surface area contributed by atoms with Crippen molar-refractivity contribution < 1.29 is 14.7 Å². The van der Waals surface area contributed by atoms with Crippen molar-refractivity contribution in [1.82, 2.24) is 10.2 Å². The van der Waals surface area contributed by atoms with Crippen molar-refractivity contribution >= 4 is 11.9 Å². The number of nitrogens with one attached hydrogen (secondary N) is 1. The quantitative estimate of drug-likeness (QED) is 0.742. The van der Waals surface area contributed by atoms with Gasteiger partial charge in [-0.1, -0.05) is 6.42 Å². The number of carboxylic acid groups (broad SMARTS) is 1. The molecule has 0 aromatic carbocycles. The maximum absolute atomic E-state index is 11.9. The van der Waals surface area contributed by atoms with Crippen LogP contribution < -0.4 is 5.32 Å². The lowest BCUT2D eigenvalue weighted by Gasteiger charge is -2.37. The van der Waals surface area contributed by atoms with Gasteiger partial charge in [-0.05, 0) is 32.9 Å². The molecule has 1 heterocycles. The summed E-state index contributed by atoms with van der Waals surface area (Å²) in [7, 11) is 2.00. The number of likely N-dealkylation sites (tertiary alicyclic amines) is 1. The van der Waals surface area contributed by atoms with Crippen molar-refractivity contribution in [1.29, 1.82) is 0 Å². The highest BCUT2D eigenvalue weighted by atomic mass is 16.4. The Morgan fingerprint density at radius 3 is 2.59 bits per heavy atom. The molecule has 1 aliphatic carbocycles. The average Bonchev–Trinajstić information content (AvgIpc) is 2.62. The zero-order chi connectivity index (χ0) is 12.5. The van der Waals surface area contributed by atoms with Crippen molar-refractivity contribution in [3.63, 3.8) is 0 Å². The molecule has 2 fully saturated rings. The number of rotatable bonds is 4. The molecule has 1 unspecified atom stereocenters. The van der Waals surface area contributed by atoms with Crippen molar-refractivity contribution in [3.05, 3.63) is 0 Å². The highest BCUT2D eigenvalue weighted by Crippen LogP contribution is 2.40. The standard InChI is InChI=1S/C12H20N2O3/c1-14-6-3-9(7-14)10(15)13-8-12(11(16)17)4-2-5-12/h9H,2-8H2,1H3,(H,13,15)(H,16,17). The zero-order valence-corrected chi connectivity index (χ0v) is 10.2. The Balaban J connectivity index is 1.81. The van der Waals surface area contributed by atoms with Crippen molar-refractivity contribution in [2.24, 2.45) is 11.3 Å². The topological polar surface area (TPSA) is 69.6 Å². The largest absolute Gasteiger partial charge is 0.481 e. The number of nitrogens with zero attached hydrogens (tertiary/aromatic N) is 1. The third-order valence-electron chi connectivity index (χ3n) is 4.13. The number of hydrogen-bond acceptors (Lipinski definition) is 3. The van der Waals surface area contributed by atoms with Gasteiger partial charge < -0.3 is 15.3 Å². The first kappa shape index (κ1) is 12.4. The summed E-state index contributed by atoms with van der Waals surface area (Å²) in [4.78, 5) is 25.1. The fraction of sp³-hybridized carbons (Fsp3) is 0.833. The summed E-state index contributed by atoms with van der Waals surface area (Å²) in [5.41, 5.74) is -0.680. The summed E-state index contributed by atoms with van der Waals surface area (Å²) in [5, 5.41) is 12.0. The second-order valence-corrected chi connectivity index (χ2v) is 5.40. The second kappa shape index (κ2) is 4.64. The molecule has 0 radical (unpaired) electrons. The van der Waals surface area contributed by atoms with Crippen LogP contribution in [0.3, 0.4) is 0 Å². The third kappa shape index (κ3) is 2.44. The van der Waals surface area contributed by atoms with Crippen molar-refractivity contribution in [2.45, 2.75) is 25.7 Å². The Hall–Kier alpha value is -1.10. The van der Waals surface area contributed by atoms with E-state index in [9.17, 15) is 9.59 Å². The number of amides is 1. The van der Waals surface area contributed by atoms with E-state index in [0.29, 0.717) is 19.4 Å². The summed E-state index contributed by atoms with van der Waals surface area (Å²) in [6, 6.07) is 0. The van der Waals surface area contributed by atoms with E-state index < -0.39 is 11.4 Å².